The maximum absolute atomic E-state index is 11.8. The van der Waals surface area contributed by atoms with E-state index in [1.807, 2.05) is 0 Å². The Kier molecular flexibility index (Phi) is 5.51. The highest BCUT2D eigenvalue weighted by molar-refractivity contribution is 5.82. The van der Waals surface area contributed by atoms with E-state index in [1.165, 1.54) is 0 Å². The number of carboxylic acid groups (broad SMARTS) is 1. The quantitative estimate of drug-likeness (QED) is 0.559. The second-order valence-corrected chi connectivity index (χ2v) is 4.36. The smallest absolute Gasteiger partial charge is 0.410 e. The molecule has 0 bridgehead atoms. The molecule has 0 saturated carbocycles. The number of esters is 2. The van der Waals surface area contributed by atoms with Gasteiger partial charge in [0.2, 0.25) is 0 Å². The van der Waals surface area contributed by atoms with Crippen LogP contribution in [0.15, 0.2) is 0 Å². The Hall–Kier alpha value is -2.32. The highest BCUT2D eigenvalue weighted by atomic mass is 16.6. The van der Waals surface area contributed by atoms with Gasteiger partial charge in [0.15, 0.2) is 18.2 Å². The number of hydrogen-bond donors (Lipinski definition) is 1. The summed E-state index contributed by atoms with van der Waals surface area (Å²) in [7, 11) is 0. The van der Waals surface area contributed by atoms with E-state index in [-0.39, 0.29) is 13.2 Å². The molecule has 1 amide bonds. The summed E-state index contributed by atoms with van der Waals surface area (Å²) in [6.45, 7) is 3.62. The number of ether oxygens (including phenoxy) is 3. The van der Waals surface area contributed by atoms with Gasteiger partial charge in [-0.05, 0) is 6.92 Å². The van der Waals surface area contributed by atoms with Crippen molar-refractivity contribution in [1.82, 2.24) is 4.90 Å². The molecule has 1 fully saturated rings. The standard InChI is InChI=1S/C12H17NO8/c1-4-19-12(18)13-5-8(20-6(2)14)10(21-7(3)15)9(13)11(16)17/h8-10H,4-5H2,1-3H3,(H,16,17)/t8-,9+,10+/m1/s1. The highest BCUT2D eigenvalue weighted by Crippen LogP contribution is 2.25. The van der Waals surface area contributed by atoms with E-state index in [0.717, 1.165) is 18.7 Å². The molecule has 0 aromatic heterocycles. The Morgan fingerprint density at radius 1 is 1.14 bits per heavy atom. The molecule has 1 heterocycles. The maximum atomic E-state index is 11.8. The van der Waals surface area contributed by atoms with Gasteiger partial charge in [0, 0.05) is 13.8 Å². The van der Waals surface area contributed by atoms with E-state index in [4.69, 9.17) is 14.2 Å². The lowest BCUT2D eigenvalue weighted by Crippen LogP contribution is -2.47. The summed E-state index contributed by atoms with van der Waals surface area (Å²) in [5.74, 6) is -2.80. The van der Waals surface area contributed by atoms with E-state index in [9.17, 15) is 24.3 Å². The molecule has 1 N–H and O–H groups in total. The average Bonchev–Trinajstić information content (AvgIpc) is 2.67. The Balaban J connectivity index is 3.05. The summed E-state index contributed by atoms with van der Waals surface area (Å²) in [4.78, 5) is 46.2. The van der Waals surface area contributed by atoms with Crippen LogP contribution in [0.4, 0.5) is 4.79 Å². The number of likely N-dealkylation sites (tertiary alicyclic amines) is 1. The molecular formula is C12H17NO8. The third-order valence-electron chi connectivity index (χ3n) is 2.76. The zero-order valence-electron chi connectivity index (χ0n) is 11.9. The van der Waals surface area contributed by atoms with Crippen LogP contribution < -0.4 is 0 Å². The fraction of sp³-hybridized carbons (Fsp3) is 0.667. The van der Waals surface area contributed by atoms with Crippen LogP contribution in [0.2, 0.25) is 0 Å². The fourth-order valence-electron chi connectivity index (χ4n) is 2.11. The molecule has 0 unspecified atom stereocenters. The first-order valence-electron chi connectivity index (χ1n) is 6.28. The number of amides is 1. The number of rotatable bonds is 4. The second kappa shape index (κ2) is 6.91. The third-order valence-corrected chi connectivity index (χ3v) is 2.76. The minimum Gasteiger partial charge on any atom is -0.480 e. The number of carbonyl (C=O) groups is 4. The van der Waals surface area contributed by atoms with Crippen molar-refractivity contribution in [3.8, 4) is 0 Å². The highest BCUT2D eigenvalue weighted by Gasteiger charge is 2.52. The minimum atomic E-state index is -1.47. The van der Waals surface area contributed by atoms with Gasteiger partial charge in [-0.3, -0.25) is 14.5 Å². The van der Waals surface area contributed by atoms with Crippen LogP contribution in [0, 0.1) is 0 Å². The van der Waals surface area contributed by atoms with Gasteiger partial charge in [-0.1, -0.05) is 0 Å². The molecule has 9 heteroatoms. The Morgan fingerprint density at radius 3 is 2.14 bits per heavy atom. The van der Waals surface area contributed by atoms with E-state index in [0.29, 0.717) is 0 Å². The Morgan fingerprint density at radius 2 is 1.71 bits per heavy atom. The van der Waals surface area contributed by atoms with Crippen molar-refractivity contribution in [2.24, 2.45) is 0 Å². The van der Waals surface area contributed by atoms with Gasteiger partial charge in [0.1, 0.15) is 0 Å². The van der Waals surface area contributed by atoms with Crippen molar-refractivity contribution in [3.63, 3.8) is 0 Å². The average molecular weight is 303 g/mol. The van der Waals surface area contributed by atoms with Gasteiger partial charge in [-0.25, -0.2) is 9.59 Å². The SMILES string of the molecule is CCOC(=O)N1C[C@@H](OC(C)=O)[C@H](OC(C)=O)[C@H]1C(=O)O. The maximum Gasteiger partial charge on any atom is 0.410 e. The van der Waals surface area contributed by atoms with Crippen molar-refractivity contribution >= 4 is 24.0 Å². The van der Waals surface area contributed by atoms with Gasteiger partial charge in [0.25, 0.3) is 0 Å². The molecule has 0 spiro atoms. The van der Waals surface area contributed by atoms with Crippen molar-refractivity contribution < 1.29 is 38.5 Å². The molecule has 9 nitrogen and oxygen atoms in total. The van der Waals surface area contributed by atoms with Crippen LogP contribution in [-0.2, 0) is 28.6 Å². The number of carbonyl (C=O) groups excluding carboxylic acids is 3. The first kappa shape index (κ1) is 16.7. The monoisotopic (exact) mass is 303 g/mol. The van der Waals surface area contributed by atoms with Gasteiger partial charge in [0.05, 0.1) is 13.2 Å². The molecule has 1 rings (SSSR count). The molecular weight excluding hydrogens is 286 g/mol. The van der Waals surface area contributed by atoms with Crippen LogP contribution in [0.1, 0.15) is 20.8 Å². The lowest BCUT2D eigenvalue weighted by molar-refractivity contribution is -0.166. The van der Waals surface area contributed by atoms with E-state index in [1.54, 1.807) is 6.92 Å². The number of nitrogens with zero attached hydrogens (tertiary/aromatic N) is 1. The molecule has 0 aromatic carbocycles. The summed E-state index contributed by atoms with van der Waals surface area (Å²) >= 11 is 0. The Bertz CT molecular complexity index is 449. The molecule has 1 saturated heterocycles. The third kappa shape index (κ3) is 4.07. The zero-order valence-corrected chi connectivity index (χ0v) is 11.9. The molecule has 118 valence electrons. The minimum absolute atomic E-state index is 0.0537. The fourth-order valence-corrected chi connectivity index (χ4v) is 2.11. The van der Waals surface area contributed by atoms with Crippen LogP contribution in [0.3, 0.4) is 0 Å². The molecule has 21 heavy (non-hydrogen) atoms. The normalized spacial score (nSPS) is 24.3. The molecule has 3 atom stereocenters. The molecule has 1 aliphatic heterocycles. The lowest BCUT2D eigenvalue weighted by Gasteiger charge is -2.23. The topological polar surface area (TPSA) is 119 Å². The summed E-state index contributed by atoms with van der Waals surface area (Å²) in [6, 6.07) is -1.47. The van der Waals surface area contributed by atoms with E-state index >= 15 is 0 Å². The predicted molar refractivity (Wildman–Crippen MR) is 66.3 cm³/mol. The summed E-state index contributed by atoms with van der Waals surface area (Å²) in [6.07, 6.45) is -3.22. The van der Waals surface area contributed by atoms with Crippen LogP contribution in [-0.4, -0.2) is 65.4 Å². The van der Waals surface area contributed by atoms with Crippen molar-refractivity contribution in [2.75, 3.05) is 13.2 Å². The van der Waals surface area contributed by atoms with Crippen LogP contribution in [0.25, 0.3) is 0 Å². The second-order valence-electron chi connectivity index (χ2n) is 4.36. The summed E-state index contributed by atoms with van der Waals surface area (Å²) < 4.78 is 14.6. The molecule has 1 aliphatic rings. The van der Waals surface area contributed by atoms with Crippen molar-refractivity contribution in [1.29, 1.82) is 0 Å². The van der Waals surface area contributed by atoms with Gasteiger partial charge >= 0.3 is 24.0 Å². The van der Waals surface area contributed by atoms with Gasteiger partial charge in [-0.15, -0.1) is 0 Å². The van der Waals surface area contributed by atoms with E-state index in [2.05, 4.69) is 0 Å². The predicted octanol–water partition coefficient (Wildman–Crippen LogP) is -0.225. The Labute approximate surface area is 120 Å². The molecule has 0 aromatic rings. The number of aliphatic carboxylic acids is 1. The van der Waals surface area contributed by atoms with E-state index < -0.39 is 42.3 Å². The van der Waals surface area contributed by atoms with Gasteiger partial charge < -0.3 is 19.3 Å². The first-order valence-corrected chi connectivity index (χ1v) is 6.28. The van der Waals surface area contributed by atoms with Crippen LogP contribution >= 0.6 is 0 Å². The first-order chi connectivity index (χ1) is 9.77. The largest absolute Gasteiger partial charge is 0.480 e. The lowest BCUT2D eigenvalue weighted by atomic mass is 10.1. The molecule has 0 aliphatic carbocycles. The van der Waals surface area contributed by atoms with Crippen molar-refractivity contribution in [2.45, 2.75) is 39.0 Å². The summed E-state index contributed by atoms with van der Waals surface area (Å²) in [5, 5.41) is 9.25. The number of hydrogen-bond acceptors (Lipinski definition) is 7. The van der Waals surface area contributed by atoms with Gasteiger partial charge in [-0.2, -0.15) is 0 Å². The van der Waals surface area contributed by atoms with Crippen LogP contribution in [0.5, 0.6) is 0 Å². The number of carboxylic acids is 1. The zero-order chi connectivity index (χ0) is 16.2. The summed E-state index contributed by atoms with van der Waals surface area (Å²) in [5.41, 5.74) is 0. The van der Waals surface area contributed by atoms with Crippen molar-refractivity contribution in [3.05, 3.63) is 0 Å². The molecule has 0 radical (unpaired) electrons.